The molecule has 0 saturated heterocycles. The van der Waals surface area contributed by atoms with Gasteiger partial charge in [0.2, 0.25) is 5.91 Å². The Labute approximate surface area is 265 Å². The molecule has 7 nitrogen and oxygen atoms in total. The van der Waals surface area contributed by atoms with E-state index in [1.54, 1.807) is 24.3 Å². The Hall–Kier alpha value is -2.74. The molecule has 0 aromatic heterocycles. The zero-order chi connectivity index (χ0) is 32.5. The number of hydrogen-bond acceptors (Lipinski definition) is 5. The summed E-state index contributed by atoms with van der Waals surface area (Å²) in [6, 6.07) is 6.50. The lowest BCUT2D eigenvalue weighted by Gasteiger charge is -2.48. The van der Waals surface area contributed by atoms with Crippen molar-refractivity contribution in [1.82, 2.24) is 10.2 Å². The number of carbonyl (C=O) groups excluding carboxylic acids is 2. The van der Waals surface area contributed by atoms with E-state index in [1.807, 2.05) is 13.0 Å². The van der Waals surface area contributed by atoms with E-state index in [2.05, 4.69) is 57.8 Å². The predicted octanol–water partition coefficient (Wildman–Crippen LogP) is 7.02. The first-order chi connectivity index (χ1) is 20.4. The topological polar surface area (TPSA) is 95.9 Å². The van der Waals surface area contributed by atoms with Gasteiger partial charge in [0.05, 0.1) is 10.9 Å². The minimum absolute atomic E-state index is 0.0148. The third-order valence-electron chi connectivity index (χ3n) is 9.65. The van der Waals surface area contributed by atoms with Crippen molar-refractivity contribution in [2.45, 2.75) is 123 Å². The summed E-state index contributed by atoms with van der Waals surface area (Å²) in [5.74, 6) is 0.395. The first kappa shape index (κ1) is 34.1. The maximum atomic E-state index is 14.7. The molecule has 1 unspecified atom stereocenters. The molecule has 1 spiro atoms. The van der Waals surface area contributed by atoms with Crippen LogP contribution < -0.4 is 5.32 Å². The smallest absolute Gasteiger partial charge is 0.275 e. The lowest BCUT2D eigenvalue weighted by Crippen LogP contribution is -2.55. The van der Waals surface area contributed by atoms with Gasteiger partial charge in [-0.2, -0.15) is 0 Å². The fourth-order valence-electron chi connectivity index (χ4n) is 6.93. The van der Waals surface area contributed by atoms with Gasteiger partial charge in [0.15, 0.2) is 9.84 Å². The number of benzene rings is 1. The maximum Gasteiger partial charge on any atom is 0.275 e. The van der Waals surface area contributed by atoms with Gasteiger partial charge in [-0.3, -0.25) is 14.6 Å². The fourth-order valence-corrected chi connectivity index (χ4v) is 7.59. The van der Waals surface area contributed by atoms with Crippen molar-refractivity contribution in [2.24, 2.45) is 21.7 Å². The largest absolute Gasteiger partial charge is 0.352 e. The van der Waals surface area contributed by atoms with E-state index in [-0.39, 0.29) is 33.6 Å². The van der Waals surface area contributed by atoms with Crippen LogP contribution in [0.1, 0.15) is 112 Å². The van der Waals surface area contributed by atoms with Crippen LogP contribution in [-0.4, -0.2) is 55.3 Å². The molecule has 1 fully saturated rings. The van der Waals surface area contributed by atoms with Crippen LogP contribution in [0.25, 0.3) is 0 Å². The first-order valence-corrected chi connectivity index (χ1v) is 18.3. The van der Waals surface area contributed by atoms with E-state index in [0.717, 1.165) is 56.1 Å². The summed E-state index contributed by atoms with van der Waals surface area (Å²) in [5, 5.41) is 2.99. The van der Waals surface area contributed by atoms with Crippen LogP contribution in [0.3, 0.4) is 0 Å². The van der Waals surface area contributed by atoms with Crippen LogP contribution in [0.5, 0.6) is 0 Å². The zero-order valence-corrected chi connectivity index (χ0v) is 28.9. The van der Waals surface area contributed by atoms with E-state index < -0.39 is 15.5 Å². The molecule has 1 saturated carbocycles. The third kappa shape index (κ3) is 7.72. The predicted molar refractivity (Wildman–Crippen MR) is 178 cm³/mol. The summed E-state index contributed by atoms with van der Waals surface area (Å²) in [6.07, 6.45) is 12.6. The molecule has 44 heavy (non-hydrogen) atoms. The molecule has 0 bridgehead atoms. The number of nitrogens with zero attached hydrogens (tertiary/aromatic N) is 2. The number of allylic oxidation sites excluding steroid dienone is 2. The normalized spacial score (nSPS) is 23.7. The number of hydrogen-bond donors (Lipinski definition) is 1. The Morgan fingerprint density at radius 2 is 1.77 bits per heavy atom. The molecule has 2 aliphatic carbocycles. The molecular formula is C36H53N3O4S. The minimum Gasteiger partial charge on any atom is -0.352 e. The number of aliphatic imine (C=N–C) groups is 1. The highest BCUT2D eigenvalue weighted by Crippen LogP contribution is 2.49. The van der Waals surface area contributed by atoms with E-state index in [0.29, 0.717) is 36.6 Å². The highest BCUT2D eigenvalue weighted by Gasteiger charge is 2.53. The summed E-state index contributed by atoms with van der Waals surface area (Å²) in [5.41, 5.74) is 2.41. The SMILES string of the molecule is CCCNC(=O)C1=CC=C(C(CCC(C)(C)C)N2C(=O)C(c3cccc(S(C)(=O)=O)c3)=NC23CCC(C(C)(C)C)CC3)CC1. The molecule has 1 aromatic rings. The van der Waals surface area contributed by atoms with Crippen molar-refractivity contribution in [3.8, 4) is 0 Å². The molecule has 1 aliphatic heterocycles. The van der Waals surface area contributed by atoms with E-state index in [1.165, 1.54) is 6.26 Å². The van der Waals surface area contributed by atoms with E-state index in [9.17, 15) is 18.0 Å². The molecule has 242 valence electrons. The van der Waals surface area contributed by atoms with Crippen LogP contribution in [0.15, 0.2) is 57.5 Å². The van der Waals surface area contributed by atoms with Gasteiger partial charge in [-0.15, -0.1) is 0 Å². The number of nitrogens with one attached hydrogen (secondary N) is 1. The number of carbonyl (C=O) groups is 2. The number of rotatable bonds is 9. The lowest BCUT2D eigenvalue weighted by molar-refractivity contribution is -0.132. The second kappa shape index (κ2) is 12.9. The van der Waals surface area contributed by atoms with Gasteiger partial charge in [-0.05, 0) is 92.2 Å². The van der Waals surface area contributed by atoms with Crippen molar-refractivity contribution in [3.63, 3.8) is 0 Å². The van der Waals surface area contributed by atoms with E-state index in [4.69, 9.17) is 4.99 Å². The molecule has 8 heteroatoms. The molecular weight excluding hydrogens is 570 g/mol. The Bertz CT molecular complexity index is 1450. The van der Waals surface area contributed by atoms with Crippen molar-refractivity contribution >= 4 is 27.4 Å². The summed E-state index contributed by atoms with van der Waals surface area (Å²) in [7, 11) is -3.45. The van der Waals surface area contributed by atoms with Gasteiger partial charge in [-0.1, -0.05) is 72.8 Å². The number of sulfone groups is 1. The Balaban J connectivity index is 1.79. The Kier molecular flexibility index (Phi) is 10.0. The second-order valence-electron chi connectivity index (χ2n) is 15.4. The van der Waals surface area contributed by atoms with Gasteiger partial charge >= 0.3 is 0 Å². The second-order valence-corrected chi connectivity index (χ2v) is 17.4. The van der Waals surface area contributed by atoms with Crippen molar-refractivity contribution in [2.75, 3.05) is 12.8 Å². The summed E-state index contributed by atoms with van der Waals surface area (Å²) >= 11 is 0. The van der Waals surface area contributed by atoms with E-state index >= 15 is 0 Å². The van der Waals surface area contributed by atoms with Crippen molar-refractivity contribution in [1.29, 1.82) is 0 Å². The maximum absolute atomic E-state index is 14.7. The summed E-state index contributed by atoms with van der Waals surface area (Å²) in [4.78, 5) is 34.9. The highest BCUT2D eigenvalue weighted by molar-refractivity contribution is 7.90. The quantitative estimate of drug-likeness (QED) is 0.320. The molecule has 1 N–H and O–H groups in total. The molecule has 0 radical (unpaired) electrons. The lowest BCUT2D eigenvalue weighted by atomic mass is 9.69. The van der Waals surface area contributed by atoms with Crippen LogP contribution in [0.2, 0.25) is 0 Å². The molecule has 4 rings (SSSR count). The monoisotopic (exact) mass is 623 g/mol. The fraction of sp³-hybridized carbons (Fsp3) is 0.639. The van der Waals surface area contributed by atoms with Crippen LogP contribution in [0.4, 0.5) is 0 Å². The summed E-state index contributed by atoms with van der Waals surface area (Å²) in [6.45, 7) is 16.2. The Morgan fingerprint density at radius 3 is 2.32 bits per heavy atom. The first-order valence-electron chi connectivity index (χ1n) is 16.4. The van der Waals surface area contributed by atoms with Gasteiger partial charge in [-0.25, -0.2) is 8.42 Å². The van der Waals surface area contributed by atoms with Crippen LogP contribution in [-0.2, 0) is 19.4 Å². The standard InChI is InChI=1S/C36H53N3O4S/c1-9-23-37-32(40)26-15-13-25(14-16-26)30(19-20-34(2,3)4)39-33(41)31(27-11-10-12-29(24-27)44(8,42)43)38-36(39)21-17-28(18-22-36)35(5,6)7/h10-13,15,24,28,30H,9,14,16-23H2,1-8H3,(H,37,40). The van der Waals surface area contributed by atoms with Crippen LogP contribution in [0, 0.1) is 16.7 Å². The molecule has 1 atom stereocenters. The zero-order valence-electron chi connectivity index (χ0n) is 28.1. The minimum atomic E-state index is -3.45. The van der Waals surface area contributed by atoms with Crippen molar-refractivity contribution < 1.29 is 18.0 Å². The third-order valence-corrected chi connectivity index (χ3v) is 10.8. The summed E-state index contributed by atoms with van der Waals surface area (Å²) < 4.78 is 24.8. The molecule has 1 heterocycles. The molecule has 1 aromatic carbocycles. The highest BCUT2D eigenvalue weighted by atomic mass is 32.2. The molecule has 2 amide bonds. The van der Waals surface area contributed by atoms with Crippen LogP contribution >= 0.6 is 0 Å². The number of amides is 2. The van der Waals surface area contributed by atoms with Gasteiger partial charge in [0.1, 0.15) is 11.4 Å². The van der Waals surface area contributed by atoms with Gasteiger partial charge in [0.25, 0.3) is 5.91 Å². The average Bonchev–Trinajstić information content (AvgIpc) is 3.22. The average molecular weight is 624 g/mol. The van der Waals surface area contributed by atoms with Crippen molar-refractivity contribution in [3.05, 3.63) is 53.1 Å². The van der Waals surface area contributed by atoms with Gasteiger partial charge < -0.3 is 10.2 Å². The molecule has 3 aliphatic rings. The van der Waals surface area contributed by atoms with Gasteiger partial charge in [0, 0.05) is 23.9 Å². The Morgan fingerprint density at radius 1 is 1.09 bits per heavy atom.